The Labute approximate surface area is 122 Å². The van der Waals surface area contributed by atoms with Crippen LogP contribution in [-0.4, -0.2) is 63.4 Å². The number of nitrogens with one attached hydrogen (secondary N) is 1. The van der Waals surface area contributed by atoms with Gasteiger partial charge in [-0.1, -0.05) is 6.42 Å². The van der Waals surface area contributed by atoms with Crippen LogP contribution in [0.3, 0.4) is 0 Å². The van der Waals surface area contributed by atoms with E-state index in [1.54, 1.807) is 4.31 Å². The highest BCUT2D eigenvalue weighted by Crippen LogP contribution is 2.20. The van der Waals surface area contributed by atoms with Crippen molar-refractivity contribution in [1.29, 1.82) is 0 Å². The molecule has 2 rings (SSSR count). The molecule has 0 aromatic rings. The molecular formula is C13H28N4O2S. The van der Waals surface area contributed by atoms with Crippen LogP contribution in [0.1, 0.15) is 32.1 Å². The summed E-state index contributed by atoms with van der Waals surface area (Å²) in [4.78, 5) is 2.29. The maximum Gasteiger partial charge on any atom is 0.279 e. The van der Waals surface area contributed by atoms with Crippen LogP contribution in [0.25, 0.3) is 0 Å². The molecule has 0 amide bonds. The molecule has 1 unspecified atom stereocenters. The van der Waals surface area contributed by atoms with Crippen LogP contribution in [0.2, 0.25) is 0 Å². The summed E-state index contributed by atoms with van der Waals surface area (Å²) in [6.07, 6.45) is 5.03. The molecule has 2 fully saturated rings. The second-order valence-corrected chi connectivity index (χ2v) is 7.80. The number of nitrogens with zero attached hydrogens (tertiary/aromatic N) is 2. The number of nitrogens with two attached hydrogens (primary N) is 1. The van der Waals surface area contributed by atoms with Crippen molar-refractivity contribution in [1.82, 2.24) is 13.9 Å². The second kappa shape index (κ2) is 7.17. The summed E-state index contributed by atoms with van der Waals surface area (Å²) in [6, 6.07) is -0.0289. The molecule has 2 saturated heterocycles. The predicted octanol–water partition coefficient (Wildman–Crippen LogP) is -0.0242. The van der Waals surface area contributed by atoms with E-state index in [0.29, 0.717) is 25.6 Å². The largest absolute Gasteiger partial charge is 0.329 e. The summed E-state index contributed by atoms with van der Waals surface area (Å²) in [7, 11) is -1.26. The van der Waals surface area contributed by atoms with E-state index in [0.717, 1.165) is 45.2 Å². The van der Waals surface area contributed by atoms with Gasteiger partial charge < -0.3 is 10.6 Å². The van der Waals surface area contributed by atoms with E-state index in [4.69, 9.17) is 5.73 Å². The smallest absolute Gasteiger partial charge is 0.279 e. The molecule has 0 aromatic heterocycles. The van der Waals surface area contributed by atoms with Crippen molar-refractivity contribution in [3.05, 3.63) is 0 Å². The first-order chi connectivity index (χ1) is 9.53. The van der Waals surface area contributed by atoms with Crippen LogP contribution in [-0.2, 0) is 10.2 Å². The molecule has 0 spiro atoms. The van der Waals surface area contributed by atoms with Gasteiger partial charge in [0.05, 0.1) is 0 Å². The van der Waals surface area contributed by atoms with E-state index in [2.05, 4.69) is 16.7 Å². The van der Waals surface area contributed by atoms with Gasteiger partial charge in [0, 0.05) is 25.7 Å². The van der Waals surface area contributed by atoms with Crippen molar-refractivity contribution >= 4 is 10.2 Å². The lowest BCUT2D eigenvalue weighted by molar-refractivity contribution is 0.217. The molecule has 118 valence electrons. The van der Waals surface area contributed by atoms with Gasteiger partial charge in [-0.2, -0.15) is 12.7 Å². The predicted molar refractivity (Wildman–Crippen MR) is 80.5 cm³/mol. The van der Waals surface area contributed by atoms with E-state index in [1.165, 1.54) is 0 Å². The van der Waals surface area contributed by atoms with Gasteiger partial charge in [-0.25, -0.2) is 4.72 Å². The van der Waals surface area contributed by atoms with Gasteiger partial charge in [0.2, 0.25) is 0 Å². The fraction of sp³-hybridized carbons (Fsp3) is 1.00. The first-order valence-electron chi connectivity index (χ1n) is 7.68. The van der Waals surface area contributed by atoms with Crippen LogP contribution in [0.15, 0.2) is 0 Å². The molecule has 1 atom stereocenters. The van der Waals surface area contributed by atoms with Crippen molar-refractivity contribution < 1.29 is 8.42 Å². The van der Waals surface area contributed by atoms with Crippen LogP contribution in [0, 0.1) is 5.92 Å². The minimum Gasteiger partial charge on any atom is -0.329 e. The fourth-order valence-corrected chi connectivity index (χ4v) is 4.66. The maximum atomic E-state index is 12.4. The third kappa shape index (κ3) is 4.14. The molecule has 7 heteroatoms. The van der Waals surface area contributed by atoms with Gasteiger partial charge in [0.25, 0.3) is 10.2 Å². The number of hydrogen-bond acceptors (Lipinski definition) is 4. The van der Waals surface area contributed by atoms with Crippen molar-refractivity contribution in [2.24, 2.45) is 11.7 Å². The first-order valence-corrected chi connectivity index (χ1v) is 9.12. The minimum atomic E-state index is -3.37. The molecule has 0 aromatic carbocycles. The van der Waals surface area contributed by atoms with E-state index < -0.39 is 10.2 Å². The third-order valence-corrected chi connectivity index (χ3v) is 6.18. The van der Waals surface area contributed by atoms with Gasteiger partial charge in [-0.15, -0.1) is 0 Å². The highest BCUT2D eigenvalue weighted by atomic mass is 32.2. The fourth-order valence-electron chi connectivity index (χ4n) is 3.10. The molecular weight excluding hydrogens is 276 g/mol. The SMILES string of the molecule is CN1CCC(CNS(=O)(=O)N2CCCCC2CN)CC1. The molecule has 2 heterocycles. The Bertz CT molecular complexity index is 393. The summed E-state index contributed by atoms with van der Waals surface area (Å²) < 4.78 is 29.2. The summed E-state index contributed by atoms with van der Waals surface area (Å²) in [5, 5.41) is 0. The lowest BCUT2D eigenvalue weighted by atomic mass is 9.98. The molecule has 6 nitrogen and oxygen atoms in total. The molecule has 2 aliphatic rings. The molecule has 0 saturated carbocycles. The topological polar surface area (TPSA) is 78.7 Å². The Morgan fingerprint density at radius 3 is 2.50 bits per heavy atom. The Balaban J connectivity index is 1.86. The number of hydrogen-bond donors (Lipinski definition) is 2. The molecule has 3 N–H and O–H groups in total. The Morgan fingerprint density at radius 1 is 1.15 bits per heavy atom. The summed E-state index contributed by atoms with van der Waals surface area (Å²) in [5.41, 5.74) is 5.71. The molecule has 20 heavy (non-hydrogen) atoms. The van der Waals surface area contributed by atoms with E-state index in [1.807, 2.05) is 0 Å². The van der Waals surface area contributed by atoms with Crippen LogP contribution in [0.4, 0.5) is 0 Å². The molecule has 0 aliphatic carbocycles. The van der Waals surface area contributed by atoms with Gasteiger partial charge >= 0.3 is 0 Å². The van der Waals surface area contributed by atoms with Gasteiger partial charge in [-0.05, 0) is 51.7 Å². The van der Waals surface area contributed by atoms with Crippen molar-refractivity contribution in [2.45, 2.75) is 38.1 Å². The number of likely N-dealkylation sites (tertiary alicyclic amines) is 1. The van der Waals surface area contributed by atoms with Gasteiger partial charge in [0.1, 0.15) is 0 Å². The van der Waals surface area contributed by atoms with Gasteiger partial charge in [-0.3, -0.25) is 0 Å². The van der Waals surface area contributed by atoms with Crippen LogP contribution < -0.4 is 10.5 Å². The Morgan fingerprint density at radius 2 is 1.85 bits per heavy atom. The second-order valence-electron chi connectivity index (χ2n) is 6.10. The van der Waals surface area contributed by atoms with Crippen molar-refractivity contribution in [3.8, 4) is 0 Å². The Kier molecular flexibility index (Phi) is 5.80. The standard InChI is InChI=1S/C13H28N4O2S/c1-16-8-5-12(6-9-16)11-15-20(18,19)17-7-3-2-4-13(17)10-14/h12-13,15H,2-11,14H2,1H3. The normalized spacial score (nSPS) is 27.8. The van der Waals surface area contributed by atoms with Crippen LogP contribution in [0.5, 0.6) is 0 Å². The third-order valence-electron chi connectivity index (χ3n) is 4.55. The van der Waals surface area contributed by atoms with E-state index in [-0.39, 0.29) is 6.04 Å². The molecule has 0 bridgehead atoms. The Hall–Kier alpha value is -0.210. The van der Waals surface area contributed by atoms with Gasteiger partial charge in [0.15, 0.2) is 0 Å². The summed E-state index contributed by atoms with van der Waals surface area (Å²) >= 11 is 0. The van der Waals surface area contributed by atoms with Crippen LogP contribution >= 0.6 is 0 Å². The van der Waals surface area contributed by atoms with Crippen molar-refractivity contribution in [2.75, 3.05) is 39.8 Å². The first kappa shape index (κ1) is 16.2. The maximum absolute atomic E-state index is 12.4. The number of piperidine rings is 2. The average Bonchev–Trinajstić information content (AvgIpc) is 2.46. The minimum absolute atomic E-state index is 0.0289. The lowest BCUT2D eigenvalue weighted by Crippen LogP contribution is -2.52. The zero-order chi connectivity index (χ0) is 14.6. The molecule has 2 aliphatic heterocycles. The quantitative estimate of drug-likeness (QED) is 0.748. The van der Waals surface area contributed by atoms with Crippen molar-refractivity contribution in [3.63, 3.8) is 0 Å². The van der Waals surface area contributed by atoms with E-state index in [9.17, 15) is 8.42 Å². The highest BCUT2D eigenvalue weighted by molar-refractivity contribution is 7.87. The zero-order valence-corrected chi connectivity index (χ0v) is 13.2. The monoisotopic (exact) mass is 304 g/mol. The summed E-state index contributed by atoms with van der Waals surface area (Å²) in [6.45, 7) is 3.69. The average molecular weight is 304 g/mol. The lowest BCUT2D eigenvalue weighted by Gasteiger charge is -2.35. The zero-order valence-electron chi connectivity index (χ0n) is 12.4. The summed E-state index contributed by atoms with van der Waals surface area (Å²) in [5.74, 6) is 0.460. The number of rotatable bonds is 5. The highest BCUT2D eigenvalue weighted by Gasteiger charge is 2.31. The molecule has 0 radical (unpaired) electrons. The van der Waals surface area contributed by atoms with E-state index >= 15 is 0 Å².